The normalized spacial score (nSPS) is 10.9. The number of benzene rings is 2. The highest BCUT2D eigenvalue weighted by molar-refractivity contribution is 6.10. The van der Waals surface area contributed by atoms with Crippen molar-refractivity contribution in [3.8, 4) is 11.1 Å². The van der Waals surface area contributed by atoms with E-state index in [4.69, 9.17) is 0 Å². The molecule has 0 bridgehead atoms. The Balaban J connectivity index is 1.92. The summed E-state index contributed by atoms with van der Waals surface area (Å²) in [6, 6.07) is 23.0. The Bertz CT molecular complexity index is 1200. The lowest BCUT2D eigenvalue weighted by molar-refractivity contribution is 0.101. The van der Waals surface area contributed by atoms with Gasteiger partial charge in [-0.25, -0.2) is 0 Å². The second-order valence-electron chi connectivity index (χ2n) is 7.31. The third-order valence-corrected chi connectivity index (χ3v) is 5.14. The number of ketones is 2. The standard InChI is InChI=1S/C25H22N2O2/c1-17(28)20-13-14-27-23(15-20)22(18-9-11-21(12-10-18)26(2)3)16-24(27)25(29)19-7-5-4-6-8-19/h4-16H,1-3H3. The molecule has 0 aliphatic rings. The molecule has 29 heavy (non-hydrogen) atoms. The fourth-order valence-corrected chi connectivity index (χ4v) is 3.50. The van der Waals surface area contributed by atoms with E-state index in [1.807, 2.05) is 90.1 Å². The summed E-state index contributed by atoms with van der Waals surface area (Å²) in [4.78, 5) is 27.2. The summed E-state index contributed by atoms with van der Waals surface area (Å²) in [5.74, 6) is -0.0501. The highest BCUT2D eigenvalue weighted by Crippen LogP contribution is 2.31. The van der Waals surface area contributed by atoms with Gasteiger partial charge in [-0.3, -0.25) is 9.59 Å². The maximum atomic E-state index is 13.2. The number of Topliss-reactive ketones (excluding diaryl/α,β-unsaturated/α-hetero) is 1. The number of fused-ring (bicyclic) bond motifs is 1. The molecule has 2 aromatic heterocycles. The van der Waals surface area contributed by atoms with Crippen molar-refractivity contribution in [2.45, 2.75) is 6.92 Å². The summed E-state index contributed by atoms with van der Waals surface area (Å²) in [5.41, 5.74) is 5.71. The molecule has 0 saturated heterocycles. The number of pyridine rings is 1. The maximum absolute atomic E-state index is 13.2. The van der Waals surface area contributed by atoms with Crippen LogP contribution in [0.2, 0.25) is 0 Å². The molecule has 0 spiro atoms. The summed E-state index contributed by atoms with van der Waals surface area (Å²) in [5, 5.41) is 0. The molecule has 0 radical (unpaired) electrons. The number of anilines is 1. The predicted octanol–water partition coefficient (Wildman–Crippen LogP) is 5.11. The Morgan fingerprint density at radius 2 is 1.52 bits per heavy atom. The van der Waals surface area contributed by atoms with Gasteiger partial charge in [0.1, 0.15) is 0 Å². The molecule has 2 aromatic carbocycles. The number of carbonyl (C=O) groups excluding carboxylic acids is 2. The molecular formula is C25H22N2O2. The SMILES string of the molecule is CC(=O)c1ccn2c(C(=O)c3ccccc3)cc(-c3ccc(N(C)C)cc3)c2c1. The van der Waals surface area contributed by atoms with Crippen molar-refractivity contribution in [3.05, 3.63) is 95.8 Å². The Hall–Kier alpha value is -3.66. The first-order valence-corrected chi connectivity index (χ1v) is 9.49. The second kappa shape index (κ2) is 7.40. The number of nitrogens with zero attached hydrogens (tertiary/aromatic N) is 2. The van der Waals surface area contributed by atoms with Crippen molar-refractivity contribution >= 4 is 22.8 Å². The number of hydrogen-bond acceptors (Lipinski definition) is 3. The van der Waals surface area contributed by atoms with Crippen molar-refractivity contribution in [3.63, 3.8) is 0 Å². The third kappa shape index (κ3) is 3.45. The van der Waals surface area contributed by atoms with Gasteiger partial charge in [0.05, 0.1) is 11.2 Å². The molecule has 4 rings (SSSR count). The number of aromatic nitrogens is 1. The molecule has 2 heterocycles. The van der Waals surface area contributed by atoms with Crippen molar-refractivity contribution in [2.24, 2.45) is 0 Å². The van der Waals surface area contributed by atoms with E-state index in [0.717, 1.165) is 22.3 Å². The van der Waals surface area contributed by atoms with Gasteiger partial charge >= 0.3 is 0 Å². The van der Waals surface area contributed by atoms with Gasteiger partial charge in [-0.2, -0.15) is 0 Å². The average Bonchev–Trinajstić information content (AvgIpc) is 3.12. The van der Waals surface area contributed by atoms with Crippen LogP contribution >= 0.6 is 0 Å². The smallest absolute Gasteiger partial charge is 0.209 e. The second-order valence-corrected chi connectivity index (χ2v) is 7.31. The zero-order valence-electron chi connectivity index (χ0n) is 16.7. The average molecular weight is 382 g/mol. The van der Waals surface area contributed by atoms with E-state index in [0.29, 0.717) is 16.8 Å². The molecule has 0 saturated carbocycles. The van der Waals surface area contributed by atoms with Crippen LogP contribution in [-0.4, -0.2) is 30.1 Å². The van der Waals surface area contributed by atoms with Gasteiger partial charge in [-0.1, -0.05) is 42.5 Å². The lowest BCUT2D eigenvalue weighted by Gasteiger charge is -2.12. The van der Waals surface area contributed by atoms with Gasteiger partial charge in [0, 0.05) is 42.7 Å². The van der Waals surface area contributed by atoms with Crippen LogP contribution in [0.15, 0.2) is 79.0 Å². The van der Waals surface area contributed by atoms with Gasteiger partial charge in [-0.05, 0) is 42.8 Å². The Morgan fingerprint density at radius 3 is 2.14 bits per heavy atom. The molecule has 0 aliphatic carbocycles. The molecule has 0 N–H and O–H groups in total. The van der Waals surface area contributed by atoms with Crippen LogP contribution in [0.4, 0.5) is 5.69 Å². The molecule has 4 nitrogen and oxygen atoms in total. The van der Waals surface area contributed by atoms with Crippen molar-refractivity contribution < 1.29 is 9.59 Å². The minimum absolute atomic E-state index is 0.00135. The number of hydrogen-bond donors (Lipinski definition) is 0. The quantitative estimate of drug-likeness (QED) is 0.451. The van der Waals surface area contributed by atoms with Gasteiger partial charge in [-0.15, -0.1) is 0 Å². The Kier molecular flexibility index (Phi) is 4.77. The Labute approximate surface area is 170 Å². The molecule has 0 aliphatic heterocycles. The van der Waals surface area contributed by atoms with Crippen LogP contribution in [0, 0.1) is 0 Å². The van der Waals surface area contributed by atoms with E-state index in [9.17, 15) is 9.59 Å². The van der Waals surface area contributed by atoms with E-state index in [-0.39, 0.29) is 11.6 Å². The molecule has 0 unspecified atom stereocenters. The Morgan fingerprint density at radius 1 is 0.828 bits per heavy atom. The lowest BCUT2D eigenvalue weighted by atomic mass is 10.0. The molecule has 0 amide bonds. The van der Waals surface area contributed by atoms with Crippen LogP contribution < -0.4 is 4.90 Å². The summed E-state index contributed by atoms with van der Waals surface area (Å²) in [6.07, 6.45) is 1.81. The lowest BCUT2D eigenvalue weighted by Crippen LogP contribution is -2.07. The van der Waals surface area contributed by atoms with Gasteiger partial charge in [0.25, 0.3) is 0 Å². The minimum Gasteiger partial charge on any atom is -0.378 e. The highest BCUT2D eigenvalue weighted by Gasteiger charge is 2.18. The van der Waals surface area contributed by atoms with Crippen molar-refractivity contribution in [1.82, 2.24) is 4.40 Å². The highest BCUT2D eigenvalue weighted by atomic mass is 16.1. The van der Waals surface area contributed by atoms with E-state index in [1.165, 1.54) is 0 Å². The number of rotatable bonds is 5. The summed E-state index contributed by atoms with van der Waals surface area (Å²) in [6.45, 7) is 1.55. The van der Waals surface area contributed by atoms with Crippen LogP contribution in [-0.2, 0) is 0 Å². The molecule has 144 valence electrons. The largest absolute Gasteiger partial charge is 0.378 e. The zero-order chi connectivity index (χ0) is 20.5. The van der Waals surface area contributed by atoms with E-state index >= 15 is 0 Å². The van der Waals surface area contributed by atoms with Crippen LogP contribution in [0.1, 0.15) is 33.3 Å². The first-order valence-electron chi connectivity index (χ1n) is 9.49. The zero-order valence-corrected chi connectivity index (χ0v) is 16.7. The minimum atomic E-state index is -0.0488. The maximum Gasteiger partial charge on any atom is 0.209 e. The molecule has 0 fully saturated rings. The van der Waals surface area contributed by atoms with Crippen LogP contribution in [0.3, 0.4) is 0 Å². The first-order chi connectivity index (χ1) is 14.0. The van der Waals surface area contributed by atoms with Gasteiger partial charge in [0.15, 0.2) is 5.78 Å². The summed E-state index contributed by atoms with van der Waals surface area (Å²) in [7, 11) is 4.00. The summed E-state index contributed by atoms with van der Waals surface area (Å²) < 4.78 is 1.87. The van der Waals surface area contributed by atoms with Crippen LogP contribution in [0.25, 0.3) is 16.6 Å². The predicted molar refractivity (Wildman–Crippen MR) is 117 cm³/mol. The van der Waals surface area contributed by atoms with Gasteiger partial charge < -0.3 is 9.30 Å². The van der Waals surface area contributed by atoms with Crippen LogP contribution in [0.5, 0.6) is 0 Å². The van der Waals surface area contributed by atoms with Crippen molar-refractivity contribution in [1.29, 1.82) is 0 Å². The van der Waals surface area contributed by atoms with E-state index in [1.54, 1.807) is 19.2 Å². The fraction of sp³-hybridized carbons (Fsp3) is 0.120. The van der Waals surface area contributed by atoms with E-state index in [2.05, 4.69) is 0 Å². The van der Waals surface area contributed by atoms with Gasteiger partial charge in [0.2, 0.25) is 5.78 Å². The summed E-state index contributed by atoms with van der Waals surface area (Å²) >= 11 is 0. The third-order valence-electron chi connectivity index (χ3n) is 5.14. The molecule has 4 aromatic rings. The molecule has 0 atom stereocenters. The topological polar surface area (TPSA) is 41.8 Å². The fourth-order valence-electron chi connectivity index (χ4n) is 3.50. The van der Waals surface area contributed by atoms with Crippen molar-refractivity contribution in [2.75, 3.05) is 19.0 Å². The first kappa shape index (κ1) is 18.7. The number of carbonyl (C=O) groups is 2. The molecule has 4 heteroatoms. The monoisotopic (exact) mass is 382 g/mol. The molecular weight excluding hydrogens is 360 g/mol. The van der Waals surface area contributed by atoms with E-state index < -0.39 is 0 Å².